The molecular formula is C17H16N2O3S. The Bertz CT molecular complexity index is 833. The largest absolute Gasteiger partial charge is 0.497 e. The van der Waals surface area contributed by atoms with Crippen LogP contribution in [0.1, 0.15) is 28.5 Å². The molecule has 1 heterocycles. The minimum absolute atomic E-state index is 0.202. The molecule has 6 heteroatoms. The van der Waals surface area contributed by atoms with Gasteiger partial charge in [0.1, 0.15) is 17.4 Å². The highest BCUT2D eigenvalue weighted by Gasteiger charge is 2.20. The van der Waals surface area contributed by atoms with Crippen LogP contribution in [0.3, 0.4) is 0 Å². The Kier molecular flexibility index (Phi) is 5.14. The molecule has 0 amide bonds. The van der Waals surface area contributed by atoms with E-state index < -0.39 is 5.97 Å². The van der Waals surface area contributed by atoms with Crippen molar-refractivity contribution in [2.45, 2.75) is 13.8 Å². The Labute approximate surface area is 139 Å². The predicted octanol–water partition coefficient (Wildman–Crippen LogP) is 3.78. The third kappa shape index (κ3) is 3.25. The van der Waals surface area contributed by atoms with Gasteiger partial charge in [0.2, 0.25) is 0 Å². The molecule has 0 aliphatic heterocycles. The van der Waals surface area contributed by atoms with Crippen molar-refractivity contribution in [2.24, 2.45) is 0 Å². The predicted molar refractivity (Wildman–Crippen MR) is 89.0 cm³/mol. The molecule has 23 heavy (non-hydrogen) atoms. The first kappa shape index (κ1) is 16.7. The Hall–Kier alpha value is -2.65. The summed E-state index contributed by atoms with van der Waals surface area (Å²) in [5, 5.41) is 9.26. The van der Waals surface area contributed by atoms with Crippen molar-refractivity contribution in [3.05, 3.63) is 45.6 Å². The van der Waals surface area contributed by atoms with Gasteiger partial charge in [-0.05, 0) is 43.7 Å². The van der Waals surface area contributed by atoms with E-state index in [2.05, 4.69) is 4.98 Å². The molecule has 0 fully saturated rings. The number of rotatable bonds is 4. The molecule has 5 nitrogen and oxygen atoms in total. The highest BCUT2D eigenvalue weighted by Crippen LogP contribution is 2.28. The molecule has 1 aromatic heterocycles. The number of aromatic amines is 1. The summed E-state index contributed by atoms with van der Waals surface area (Å²) in [5.41, 5.74) is 2.38. The first-order chi connectivity index (χ1) is 11.0. The van der Waals surface area contributed by atoms with E-state index in [9.17, 15) is 10.1 Å². The fourth-order valence-corrected chi connectivity index (χ4v) is 2.61. The molecule has 0 saturated heterocycles. The Morgan fingerprint density at radius 2 is 2.00 bits per heavy atom. The van der Waals surface area contributed by atoms with E-state index in [0.717, 1.165) is 5.56 Å². The number of aromatic nitrogens is 1. The lowest BCUT2D eigenvalue weighted by Gasteiger charge is -2.13. The van der Waals surface area contributed by atoms with E-state index in [-0.39, 0.29) is 22.2 Å². The van der Waals surface area contributed by atoms with Crippen LogP contribution in [0.4, 0.5) is 0 Å². The van der Waals surface area contributed by atoms with Crippen LogP contribution < -0.4 is 4.74 Å². The summed E-state index contributed by atoms with van der Waals surface area (Å²) >= 11 is 5.34. The summed E-state index contributed by atoms with van der Waals surface area (Å²) < 4.78 is 10.4. The van der Waals surface area contributed by atoms with Crippen molar-refractivity contribution in [1.82, 2.24) is 4.98 Å². The number of nitrogens with zero attached hydrogens (tertiary/aromatic N) is 1. The van der Waals surface area contributed by atoms with Crippen LogP contribution in [0.5, 0.6) is 5.75 Å². The molecule has 0 spiro atoms. The average Bonchev–Trinajstić information content (AvgIpc) is 2.55. The first-order valence-electron chi connectivity index (χ1n) is 7.02. The molecule has 0 bridgehead atoms. The minimum Gasteiger partial charge on any atom is -0.497 e. The van der Waals surface area contributed by atoms with Crippen molar-refractivity contribution in [1.29, 1.82) is 5.26 Å². The molecule has 2 aromatic rings. The molecule has 0 aliphatic rings. The van der Waals surface area contributed by atoms with Gasteiger partial charge in [-0.25, -0.2) is 4.79 Å². The van der Waals surface area contributed by atoms with Gasteiger partial charge in [0.05, 0.1) is 29.5 Å². The first-order valence-corrected chi connectivity index (χ1v) is 7.42. The van der Waals surface area contributed by atoms with Crippen LogP contribution >= 0.6 is 12.2 Å². The number of benzene rings is 1. The van der Waals surface area contributed by atoms with E-state index in [1.165, 1.54) is 0 Å². The Morgan fingerprint density at radius 1 is 1.35 bits per heavy atom. The van der Waals surface area contributed by atoms with Crippen LogP contribution in [-0.4, -0.2) is 24.7 Å². The number of H-pyrrole nitrogens is 1. The van der Waals surface area contributed by atoms with E-state index in [0.29, 0.717) is 17.1 Å². The number of nitriles is 1. The van der Waals surface area contributed by atoms with Crippen molar-refractivity contribution >= 4 is 18.2 Å². The topological polar surface area (TPSA) is 75.1 Å². The number of pyridine rings is 1. The highest BCUT2D eigenvalue weighted by atomic mass is 32.1. The molecule has 1 N–H and O–H groups in total. The van der Waals surface area contributed by atoms with E-state index in [4.69, 9.17) is 21.7 Å². The molecule has 0 radical (unpaired) electrons. The molecule has 118 valence electrons. The number of carbonyl (C=O) groups is 1. The number of aryl methyl sites for hydroxylation is 1. The summed E-state index contributed by atoms with van der Waals surface area (Å²) in [6.45, 7) is 3.69. The maximum Gasteiger partial charge on any atom is 0.341 e. The van der Waals surface area contributed by atoms with Gasteiger partial charge in [-0.15, -0.1) is 0 Å². The SMILES string of the molecule is CCOC(=O)c1c(-c2ccc(OC)cc2)[nH]c(C)c(C#N)c1=S. The van der Waals surface area contributed by atoms with Gasteiger partial charge in [0.15, 0.2) is 0 Å². The second kappa shape index (κ2) is 7.07. The molecular weight excluding hydrogens is 312 g/mol. The summed E-state index contributed by atoms with van der Waals surface area (Å²) in [7, 11) is 1.58. The molecule has 0 atom stereocenters. The van der Waals surface area contributed by atoms with Gasteiger partial charge in [-0.1, -0.05) is 12.2 Å². The normalized spacial score (nSPS) is 10.0. The van der Waals surface area contributed by atoms with Gasteiger partial charge in [0, 0.05) is 5.69 Å². The van der Waals surface area contributed by atoms with E-state index in [1.54, 1.807) is 33.1 Å². The zero-order valence-corrected chi connectivity index (χ0v) is 13.9. The number of hydrogen-bond acceptors (Lipinski definition) is 5. The number of hydrogen-bond donors (Lipinski definition) is 1. The number of methoxy groups -OCH3 is 1. The van der Waals surface area contributed by atoms with Crippen molar-refractivity contribution in [3.8, 4) is 23.1 Å². The number of carbonyl (C=O) groups excluding carboxylic acids is 1. The average molecular weight is 328 g/mol. The van der Waals surface area contributed by atoms with Crippen LogP contribution in [0.2, 0.25) is 0 Å². The van der Waals surface area contributed by atoms with E-state index in [1.807, 2.05) is 18.2 Å². The maximum atomic E-state index is 12.3. The third-order valence-electron chi connectivity index (χ3n) is 3.36. The standard InChI is InChI=1S/C17H16N2O3S/c1-4-22-17(20)14-15(11-5-7-12(21-3)8-6-11)19-10(2)13(9-18)16(14)23/h5-8H,4H2,1-3H3,(H,19,23). The monoisotopic (exact) mass is 328 g/mol. The van der Waals surface area contributed by atoms with Crippen LogP contribution in [0.15, 0.2) is 24.3 Å². The summed E-state index contributed by atoms with van der Waals surface area (Å²) in [6.07, 6.45) is 0. The number of esters is 1. The Balaban J connectivity index is 2.73. The van der Waals surface area contributed by atoms with Crippen molar-refractivity contribution in [2.75, 3.05) is 13.7 Å². The van der Waals surface area contributed by atoms with Crippen molar-refractivity contribution in [3.63, 3.8) is 0 Å². The lowest BCUT2D eigenvalue weighted by molar-refractivity contribution is 0.0526. The number of ether oxygens (including phenoxy) is 2. The quantitative estimate of drug-likeness (QED) is 0.683. The van der Waals surface area contributed by atoms with Crippen LogP contribution in [0.25, 0.3) is 11.3 Å². The molecule has 0 saturated carbocycles. The number of nitrogens with one attached hydrogen (secondary N) is 1. The second-order valence-electron chi connectivity index (χ2n) is 4.76. The highest BCUT2D eigenvalue weighted by molar-refractivity contribution is 7.71. The molecule has 0 aliphatic carbocycles. The van der Waals surface area contributed by atoms with Gasteiger partial charge in [0.25, 0.3) is 0 Å². The zero-order valence-electron chi connectivity index (χ0n) is 13.1. The van der Waals surface area contributed by atoms with E-state index >= 15 is 0 Å². The second-order valence-corrected chi connectivity index (χ2v) is 5.17. The summed E-state index contributed by atoms with van der Waals surface area (Å²) in [5.74, 6) is 0.159. The van der Waals surface area contributed by atoms with Crippen molar-refractivity contribution < 1.29 is 14.3 Å². The molecule has 2 rings (SSSR count). The maximum absolute atomic E-state index is 12.3. The summed E-state index contributed by atoms with van der Waals surface area (Å²) in [6, 6.07) is 9.23. The zero-order chi connectivity index (χ0) is 17.0. The fourth-order valence-electron chi connectivity index (χ4n) is 2.23. The van der Waals surface area contributed by atoms with Gasteiger partial charge >= 0.3 is 5.97 Å². The third-order valence-corrected chi connectivity index (χ3v) is 3.77. The van der Waals surface area contributed by atoms with Gasteiger partial charge < -0.3 is 14.5 Å². The molecule has 1 aromatic carbocycles. The van der Waals surface area contributed by atoms with Gasteiger partial charge in [-0.3, -0.25) is 0 Å². The summed E-state index contributed by atoms with van der Waals surface area (Å²) in [4.78, 5) is 15.4. The Morgan fingerprint density at radius 3 is 2.52 bits per heavy atom. The fraction of sp³-hybridized carbons (Fsp3) is 0.235. The van der Waals surface area contributed by atoms with Crippen LogP contribution in [0, 0.1) is 22.8 Å². The molecule has 0 unspecified atom stereocenters. The van der Waals surface area contributed by atoms with Crippen LogP contribution in [-0.2, 0) is 4.74 Å². The minimum atomic E-state index is -0.545. The smallest absolute Gasteiger partial charge is 0.341 e. The van der Waals surface area contributed by atoms with Gasteiger partial charge in [-0.2, -0.15) is 5.26 Å². The lowest BCUT2D eigenvalue weighted by atomic mass is 10.0. The lowest BCUT2D eigenvalue weighted by Crippen LogP contribution is -2.11.